The fourth-order valence-electron chi connectivity index (χ4n) is 2.20. The number of urea groups is 1. The van der Waals surface area contributed by atoms with Crippen molar-refractivity contribution in [1.29, 1.82) is 0 Å². The molecule has 0 radical (unpaired) electrons. The van der Waals surface area contributed by atoms with Gasteiger partial charge in [0, 0.05) is 18.2 Å². The largest absolute Gasteiger partial charge is 0.424 e. The summed E-state index contributed by atoms with van der Waals surface area (Å²) in [5, 5.41) is 2.27. The van der Waals surface area contributed by atoms with E-state index in [1.807, 2.05) is 18.2 Å². The van der Waals surface area contributed by atoms with Gasteiger partial charge in [0.1, 0.15) is 5.75 Å². The van der Waals surface area contributed by atoms with Crippen LogP contribution in [0.25, 0.3) is 0 Å². The molecule has 1 atom stereocenters. The number of amidine groups is 1. The van der Waals surface area contributed by atoms with Crippen LogP contribution in [0.3, 0.4) is 0 Å². The van der Waals surface area contributed by atoms with Crippen LogP contribution in [0, 0.1) is 0 Å². The summed E-state index contributed by atoms with van der Waals surface area (Å²) in [6.07, 6.45) is 1.70. The summed E-state index contributed by atoms with van der Waals surface area (Å²) in [5.74, 6) is 0.301. The molecule has 0 spiro atoms. The number of carbonyl (C=O) groups excluding carboxylic acids is 2. The summed E-state index contributed by atoms with van der Waals surface area (Å²) in [6, 6.07) is 8.42. The molecular formula is C16H18N4O3. The fraction of sp³-hybridized carbons (Fsp3) is 0.250. The van der Waals surface area contributed by atoms with Crippen LogP contribution < -0.4 is 10.1 Å². The summed E-state index contributed by atoms with van der Waals surface area (Å²) in [7, 11) is 0. The van der Waals surface area contributed by atoms with Crippen molar-refractivity contribution in [3.8, 4) is 5.75 Å². The number of aliphatic imine (C=N–C) groups is 2. The lowest BCUT2D eigenvalue weighted by Crippen LogP contribution is -2.52. The number of hydrogen-bond acceptors (Lipinski definition) is 4. The summed E-state index contributed by atoms with van der Waals surface area (Å²) in [5.41, 5.74) is 0.570. The molecule has 2 rings (SSSR count). The lowest BCUT2D eigenvalue weighted by molar-refractivity contribution is -0.122. The minimum absolute atomic E-state index is 0.0664. The Bertz CT molecular complexity index is 667. The van der Waals surface area contributed by atoms with Crippen LogP contribution >= 0.6 is 0 Å². The Labute approximate surface area is 134 Å². The zero-order valence-corrected chi connectivity index (χ0v) is 13.0. The SMILES string of the molecule is C=NC(=N/C=C(\C)N1C(=O)NC(=O)CC1C)Oc1ccccc1. The Morgan fingerprint density at radius 1 is 1.39 bits per heavy atom. The van der Waals surface area contributed by atoms with E-state index >= 15 is 0 Å². The Kier molecular flexibility index (Phi) is 5.24. The van der Waals surface area contributed by atoms with E-state index in [9.17, 15) is 9.59 Å². The number of amides is 3. The van der Waals surface area contributed by atoms with Gasteiger partial charge >= 0.3 is 12.1 Å². The van der Waals surface area contributed by atoms with Gasteiger partial charge in [-0.1, -0.05) is 18.2 Å². The van der Waals surface area contributed by atoms with Crippen LogP contribution in [0.1, 0.15) is 20.3 Å². The first-order chi connectivity index (χ1) is 11.0. The molecule has 23 heavy (non-hydrogen) atoms. The molecule has 1 aromatic carbocycles. The van der Waals surface area contributed by atoms with Gasteiger partial charge in [-0.2, -0.15) is 0 Å². The van der Waals surface area contributed by atoms with E-state index in [4.69, 9.17) is 4.74 Å². The van der Waals surface area contributed by atoms with E-state index < -0.39 is 6.03 Å². The first-order valence-electron chi connectivity index (χ1n) is 7.08. The van der Waals surface area contributed by atoms with Crippen LogP contribution in [0.2, 0.25) is 0 Å². The second kappa shape index (κ2) is 7.35. The van der Waals surface area contributed by atoms with Crippen molar-refractivity contribution in [3.05, 3.63) is 42.2 Å². The number of carbonyl (C=O) groups is 2. The summed E-state index contributed by atoms with van der Waals surface area (Å²) >= 11 is 0. The van der Waals surface area contributed by atoms with Crippen molar-refractivity contribution in [1.82, 2.24) is 10.2 Å². The van der Waals surface area contributed by atoms with E-state index in [1.54, 1.807) is 26.0 Å². The number of imide groups is 1. The van der Waals surface area contributed by atoms with E-state index in [2.05, 4.69) is 22.0 Å². The zero-order chi connectivity index (χ0) is 16.8. The van der Waals surface area contributed by atoms with Crippen LogP contribution in [0.4, 0.5) is 4.79 Å². The van der Waals surface area contributed by atoms with Gasteiger partial charge in [0.2, 0.25) is 5.91 Å². The standard InChI is InChI=1S/C16H18N4O3/c1-11-9-14(21)19-16(22)20(11)12(2)10-18-15(17-3)23-13-7-5-4-6-8-13/h4-8,10-11H,3,9H2,1-2H3,(H,19,21,22)/b12-10+,18-15?. The van der Waals surface area contributed by atoms with Crippen molar-refractivity contribution in [2.45, 2.75) is 26.3 Å². The first kappa shape index (κ1) is 16.4. The van der Waals surface area contributed by atoms with Crippen molar-refractivity contribution in [2.75, 3.05) is 0 Å². The molecule has 3 amide bonds. The number of nitrogens with one attached hydrogen (secondary N) is 1. The molecule has 0 aliphatic carbocycles. The molecule has 7 heteroatoms. The van der Waals surface area contributed by atoms with Gasteiger partial charge < -0.3 is 4.74 Å². The number of rotatable bonds is 3. The predicted molar refractivity (Wildman–Crippen MR) is 87.3 cm³/mol. The molecule has 0 bridgehead atoms. The average molecular weight is 314 g/mol. The van der Waals surface area contributed by atoms with Crippen LogP contribution in [0.5, 0.6) is 5.75 Å². The highest BCUT2D eigenvalue weighted by atomic mass is 16.5. The minimum Gasteiger partial charge on any atom is -0.424 e. The highest BCUT2D eigenvalue weighted by Gasteiger charge is 2.30. The predicted octanol–water partition coefficient (Wildman–Crippen LogP) is 2.31. The lowest BCUT2D eigenvalue weighted by atomic mass is 10.1. The number of allylic oxidation sites excluding steroid dienone is 1. The van der Waals surface area contributed by atoms with Gasteiger partial charge in [-0.25, -0.2) is 14.8 Å². The molecule has 1 heterocycles. The minimum atomic E-state index is -0.463. The Morgan fingerprint density at radius 2 is 2.09 bits per heavy atom. The number of para-hydroxylation sites is 1. The monoisotopic (exact) mass is 314 g/mol. The van der Waals surface area contributed by atoms with Crippen molar-refractivity contribution < 1.29 is 14.3 Å². The molecule has 1 aliphatic heterocycles. The van der Waals surface area contributed by atoms with Gasteiger partial charge in [-0.15, -0.1) is 0 Å². The maximum absolute atomic E-state index is 11.9. The number of ether oxygens (including phenoxy) is 1. The van der Waals surface area contributed by atoms with Crippen LogP contribution in [0.15, 0.2) is 52.2 Å². The van der Waals surface area contributed by atoms with Gasteiger partial charge in [0.05, 0.1) is 6.20 Å². The molecule has 1 saturated heterocycles. The van der Waals surface area contributed by atoms with E-state index in [0.717, 1.165) is 0 Å². The van der Waals surface area contributed by atoms with E-state index in [0.29, 0.717) is 11.4 Å². The third kappa shape index (κ3) is 4.26. The van der Waals surface area contributed by atoms with E-state index in [1.165, 1.54) is 11.1 Å². The molecule has 1 aromatic rings. The molecule has 1 unspecified atom stereocenters. The number of hydrogen-bond donors (Lipinski definition) is 1. The molecule has 120 valence electrons. The summed E-state index contributed by atoms with van der Waals surface area (Å²) < 4.78 is 5.48. The second-order valence-electron chi connectivity index (χ2n) is 5.03. The number of benzene rings is 1. The van der Waals surface area contributed by atoms with Gasteiger partial charge in [0.15, 0.2) is 0 Å². The molecular weight excluding hydrogens is 296 g/mol. The van der Waals surface area contributed by atoms with Crippen molar-refractivity contribution >= 4 is 24.7 Å². The van der Waals surface area contributed by atoms with Gasteiger partial charge in [-0.3, -0.25) is 15.0 Å². The molecule has 1 N–H and O–H groups in total. The Morgan fingerprint density at radius 3 is 2.70 bits per heavy atom. The summed E-state index contributed by atoms with van der Waals surface area (Å²) in [6.45, 7) is 6.93. The quantitative estimate of drug-likeness (QED) is 0.686. The van der Waals surface area contributed by atoms with Gasteiger partial charge in [-0.05, 0) is 32.7 Å². The fourth-order valence-corrected chi connectivity index (χ4v) is 2.20. The molecule has 1 aliphatic rings. The molecule has 0 aromatic heterocycles. The maximum Gasteiger partial charge on any atom is 0.328 e. The van der Waals surface area contributed by atoms with Crippen LogP contribution in [-0.4, -0.2) is 35.6 Å². The summed E-state index contributed by atoms with van der Waals surface area (Å²) in [4.78, 5) is 32.5. The third-order valence-corrected chi connectivity index (χ3v) is 3.22. The van der Waals surface area contributed by atoms with Crippen LogP contribution in [-0.2, 0) is 4.79 Å². The highest BCUT2D eigenvalue weighted by Crippen LogP contribution is 2.16. The maximum atomic E-state index is 11.9. The average Bonchev–Trinajstić information content (AvgIpc) is 2.51. The van der Waals surface area contributed by atoms with Crippen molar-refractivity contribution in [2.24, 2.45) is 9.98 Å². The van der Waals surface area contributed by atoms with Crippen molar-refractivity contribution in [3.63, 3.8) is 0 Å². The van der Waals surface area contributed by atoms with Gasteiger partial charge in [0.25, 0.3) is 0 Å². The lowest BCUT2D eigenvalue weighted by Gasteiger charge is -2.32. The second-order valence-corrected chi connectivity index (χ2v) is 5.03. The smallest absolute Gasteiger partial charge is 0.328 e. The third-order valence-electron chi connectivity index (χ3n) is 3.22. The van der Waals surface area contributed by atoms with E-state index in [-0.39, 0.29) is 24.4 Å². The normalized spacial score (nSPS) is 19.4. The molecule has 7 nitrogen and oxygen atoms in total. The Balaban J connectivity index is 2.13. The highest BCUT2D eigenvalue weighted by molar-refractivity contribution is 5.97. The topological polar surface area (TPSA) is 83.4 Å². The Hall–Kier alpha value is -2.96. The first-order valence-corrected chi connectivity index (χ1v) is 7.08. The number of nitrogens with zero attached hydrogens (tertiary/aromatic N) is 3. The molecule has 0 saturated carbocycles. The zero-order valence-electron chi connectivity index (χ0n) is 13.0. The molecule has 1 fully saturated rings.